The fraction of sp³-hybridized carbons (Fsp3) is 0.400. The number of amides is 2. The Balaban J connectivity index is 1.99. The molecule has 1 aromatic heterocycles. The van der Waals surface area contributed by atoms with Crippen LogP contribution in [0.1, 0.15) is 25.7 Å². The van der Waals surface area contributed by atoms with E-state index in [2.05, 4.69) is 9.97 Å². The number of imidazole rings is 1. The lowest BCUT2D eigenvalue weighted by atomic mass is 9.77. The number of carbonyl (C=O) groups excluding carboxylic acids is 2. The highest BCUT2D eigenvalue weighted by molar-refractivity contribution is 8.01. The van der Waals surface area contributed by atoms with Gasteiger partial charge in [-0.3, -0.25) is 9.59 Å². The van der Waals surface area contributed by atoms with Gasteiger partial charge in [-0.15, -0.1) is 0 Å². The lowest BCUT2D eigenvalue weighted by Crippen LogP contribution is -2.53. The zero-order chi connectivity index (χ0) is 15.7. The topological polar surface area (TPSA) is 115 Å². The minimum Gasteiger partial charge on any atom is -0.369 e. The highest BCUT2D eigenvalue weighted by Crippen LogP contribution is 2.46. The Labute approximate surface area is 132 Å². The van der Waals surface area contributed by atoms with E-state index in [-0.39, 0.29) is 0 Å². The number of aromatic amines is 1. The van der Waals surface area contributed by atoms with Gasteiger partial charge in [0.05, 0.1) is 17.0 Å². The number of nitrogens with one attached hydrogen (secondary N) is 1. The van der Waals surface area contributed by atoms with E-state index >= 15 is 0 Å². The molecule has 116 valence electrons. The normalized spacial score (nSPS) is 25.2. The molecular formula is C15H18N4O2S. The van der Waals surface area contributed by atoms with Crippen molar-refractivity contribution in [2.45, 2.75) is 35.6 Å². The molecule has 2 amide bonds. The summed E-state index contributed by atoms with van der Waals surface area (Å²) in [6, 6.07) is 7.61. The maximum Gasteiger partial charge on any atom is 0.234 e. The fourth-order valence-corrected chi connectivity index (χ4v) is 4.51. The maximum absolute atomic E-state index is 12.2. The van der Waals surface area contributed by atoms with Crippen molar-refractivity contribution in [3.63, 3.8) is 0 Å². The van der Waals surface area contributed by atoms with Crippen LogP contribution < -0.4 is 11.5 Å². The van der Waals surface area contributed by atoms with Crippen LogP contribution in [0.25, 0.3) is 11.0 Å². The number of primary amides is 2. The van der Waals surface area contributed by atoms with E-state index in [1.807, 2.05) is 24.3 Å². The Morgan fingerprint density at radius 3 is 2.73 bits per heavy atom. The Morgan fingerprint density at radius 2 is 2.05 bits per heavy atom. The molecule has 22 heavy (non-hydrogen) atoms. The van der Waals surface area contributed by atoms with Gasteiger partial charge < -0.3 is 16.5 Å². The predicted octanol–water partition coefficient (Wildman–Crippen LogP) is 1.55. The number of fused-ring (bicyclic) bond motifs is 1. The number of hydrogen-bond acceptors (Lipinski definition) is 4. The highest BCUT2D eigenvalue weighted by atomic mass is 32.2. The molecule has 1 saturated carbocycles. The van der Waals surface area contributed by atoms with Gasteiger partial charge in [0, 0.05) is 0 Å². The van der Waals surface area contributed by atoms with Gasteiger partial charge in [0.1, 0.15) is 4.75 Å². The second-order valence-corrected chi connectivity index (χ2v) is 6.93. The first-order valence-electron chi connectivity index (χ1n) is 7.26. The van der Waals surface area contributed by atoms with Crippen LogP contribution in [-0.2, 0) is 9.59 Å². The van der Waals surface area contributed by atoms with Crippen LogP contribution in [0.3, 0.4) is 0 Å². The first kappa shape index (κ1) is 14.9. The molecule has 7 heteroatoms. The van der Waals surface area contributed by atoms with Gasteiger partial charge in [-0.2, -0.15) is 0 Å². The summed E-state index contributed by atoms with van der Waals surface area (Å²) < 4.78 is -1.02. The molecule has 0 spiro atoms. The lowest BCUT2D eigenvalue weighted by Gasteiger charge is -2.38. The van der Waals surface area contributed by atoms with Crippen molar-refractivity contribution in [2.75, 3.05) is 0 Å². The quantitative estimate of drug-likeness (QED) is 0.793. The molecule has 2 atom stereocenters. The maximum atomic E-state index is 12.2. The third-order valence-electron chi connectivity index (χ3n) is 4.26. The molecule has 5 N–H and O–H groups in total. The van der Waals surface area contributed by atoms with Gasteiger partial charge in [-0.25, -0.2) is 4.98 Å². The third-order valence-corrected chi connectivity index (χ3v) is 5.70. The zero-order valence-corrected chi connectivity index (χ0v) is 12.9. The van der Waals surface area contributed by atoms with Crippen molar-refractivity contribution in [1.29, 1.82) is 0 Å². The number of benzene rings is 1. The average Bonchev–Trinajstić information content (AvgIpc) is 2.89. The van der Waals surface area contributed by atoms with Gasteiger partial charge in [0.2, 0.25) is 11.8 Å². The summed E-state index contributed by atoms with van der Waals surface area (Å²) in [6.07, 6.45) is 2.85. The Morgan fingerprint density at radius 1 is 1.27 bits per heavy atom. The summed E-state index contributed by atoms with van der Waals surface area (Å²) in [5.74, 6) is -1.53. The van der Waals surface area contributed by atoms with Gasteiger partial charge in [-0.1, -0.05) is 36.7 Å². The molecule has 0 saturated heterocycles. The second-order valence-electron chi connectivity index (χ2n) is 5.62. The first-order chi connectivity index (χ1) is 10.5. The summed E-state index contributed by atoms with van der Waals surface area (Å²) >= 11 is 1.24. The van der Waals surface area contributed by atoms with Crippen molar-refractivity contribution in [3.05, 3.63) is 24.3 Å². The molecular weight excluding hydrogens is 300 g/mol. The summed E-state index contributed by atoms with van der Waals surface area (Å²) in [5.41, 5.74) is 12.9. The monoisotopic (exact) mass is 318 g/mol. The molecule has 2 aromatic rings. The largest absolute Gasteiger partial charge is 0.369 e. The molecule has 0 bridgehead atoms. The zero-order valence-electron chi connectivity index (χ0n) is 12.0. The van der Waals surface area contributed by atoms with Crippen molar-refractivity contribution >= 4 is 34.6 Å². The van der Waals surface area contributed by atoms with E-state index in [0.717, 1.165) is 23.9 Å². The number of para-hydroxylation sites is 2. The number of H-pyrrole nitrogens is 1. The van der Waals surface area contributed by atoms with Crippen LogP contribution in [-0.4, -0.2) is 26.5 Å². The minimum absolute atomic E-state index is 0.470. The number of carbonyl (C=O) groups is 2. The van der Waals surface area contributed by atoms with E-state index in [9.17, 15) is 9.59 Å². The fourth-order valence-electron chi connectivity index (χ4n) is 3.13. The van der Waals surface area contributed by atoms with Crippen LogP contribution in [0.2, 0.25) is 0 Å². The molecule has 0 radical (unpaired) electrons. The van der Waals surface area contributed by atoms with Crippen molar-refractivity contribution in [1.82, 2.24) is 9.97 Å². The molecule has 6 nitrogen and oxygen atoms in total. The SMILES string of the molecule is NC(=O)C1CCCCC1(Sc1nc2ccccc2[nH]1)C(N)=O. The smallest absolute Gasteiger partial charge is 0.234 e. The van der Waals surface area contributed by atoms with E-state index in [1.165, 1.54) is 11.8 Å². The average molecular weight is 318 g/mol. The number of nitrogens with zero attached hydrogens (tertiary/aromatic N) is 1. The van der Waals surface area contributed by atoms with Gasteiger partial charge in [0.15, 0.2) is 5.16 Å². The number of rotatable bonds is 4. The Hall–Kier alpha value is -2.02. The second kappa shape index (κ2) is 5.64. The van der Waals surface area contributed by atoms with Crippen molar-refractivity contribution in [3.8, 4) is 0 Å². The summed E-state index contributed by atoms with van der Waals surface area (Å²) in [7, 11) is 0. The molecule has 2 unspecified atom stereocenters. The van der Waals surface area contributed by atoms with Crippen molar-refractivity contribution < 1.29 is 9.59 Å². The standard InChI is InChI=1S/C15H18N4O2S/c16-12(20)9-5-3-4-8-15(9,13(17)21)22-14-18-10-6-1-2-7-11(10)19-14/h1-2,6-7,9H,3-5,8H2,(H2,16,20)(H2,17,21)(H,18,19). The van der Waals surface area contributed by atoms with E-state index in [4.69, 9.17) is 11.5 Å². The van der Waals surface area contributed by atoms with Crippen LogP contribution >= 0.6 is 11.8 Å². The number of thioether (sulfide) groups is 1. The molecule has 1 aliphatic carbocycles. The first-order valence-corrected chi connectivity index (χ1v) is 8.07. The van der Waals surface area contributed by atoms with Crippen LogP contribution in [0, 0.1) is 5.92 Å². The highest BCUT2D eigenvalue weighted by Gasteiger charge is 2.50. The van der Waals surface area contributed by atoms with Gasteiger partial charge in [0.25, 0.3) is 0 Å². The summed E-state index contributed by atoms with van der Waals surface area (Å²) in [5, 5.41) is 0.591. The van der Waals surface area contributed by atoms with E-state index in [0.29, 0.717) is 18.0 Å². The number of hydrogen-bond donors (Lipinski definition) is 3. The molecule has 0 aliphatic heterocycles. The molecule has 1 aliphatic rings. The van der Waals surface area contributed by atoms with Crippen LogP contribution in [0.15, 0.2) is 29.4 Å². The van der Waals surface area contributed by atoms with E-state index in [1.54, 1.807) is 0 Å². The van der Waals surface area contributed by atoms with Crippen LogP contribution in [0.4, 0.5) is 0 Å². The van der Waals surface area contributed by atoms with Crippen LogP contribution in [0.5, 0.6) is 0 Å². The Kier molecular flexibility index (Phi) is 3.82. The molecule has 1 aromatic carbocycles. The Bertz CT molecular complexity index is 696. The lowest BCUT2D eigenvalue weighted by molar-refractivity contribution is -0.131. The number of aromatic nitrogens is 2. The number of nitrogens with two attached hydrogens (primary N) is 2. The van der Waals surface area contributed by atoms with Gasteiger partial charge in [-0.05, 0) is 25.0 Å². The minimum atomic E-state index is -1.02. The third kappa shape index (κ3) is 2.45. The molecule has 3 rings (SSSR count). The van der Waals surface area contributed by atoms with Crippen molar-refractivity contribution in [2.24, 2.45) is 17.4 Å². The summed E-state index contributed by atoms with van der Waals surface area (Å²) in [6.45, 7) is 0. The predicted molar refractivity (Wildman–Crippen MR) is 85.0 cm³/mol. The van der Waals surface area contributed by atoms with Gasteiger partial charge >= 0.3 is 0 Å². The molecule has 1 fully saturated rings. The summed E-state index contributed by atoms with van der Waals surface area (Å²) in [4.78, 5) is 31.6. The molecule has 1 heterocycles. The van der Waals surface area contributed by atoms with E-state index < -0.39 is 22.5 Å².